The van der Waals surface area contributed by atoms with Crippen molar-refractivity contribution in [2.45, 2.75) is 56.1 Å². The second kappa shape index (κ2) is 5.08. The van der Waals surface area contributed by atoms with E-state index in [9.17, 15) is 5.11 Å². The SMILES string of the molecule is N[C@H]1CCC[C@@H]1C(O)C1(c2ccc(Cl)cc2)CCC1. The van der Waals surface area contributed by atoms with Gasteiger partial charge in [-0.15, -0.1) is 0 Å². The number of aliphatic hydroxyl groups excluding tert-OH is 1. The average molecular weight is 280 g/mol. The molecular weight excluding hydrogens is 258 g/mol. The Morgan fingerprint density at radius 2 is 1.84 bits per heavy atom. The molecule has 2 aliphatic rings. The van der Waals surface area contributed by atoms with E-state index in [0.717, 1.165) is 37.1 Å². The van der Waals surface area contributed by atoms with Crippen LogP contribution < -0.4 is 5.73 Å². The smallest absolute Gasteiger partial charge is 0.0679 e. The summed E-state index contributed by atoms with van der Waals surface area (Å²) in [6.45, 7) is 0. The Bertz CT molecular complexity index is 441. The first-order chi connectivity index (χ1) is 9.13. The van der Waals surface area contributed by atoms with Crippen LogP contribution in [-0.2, 0) is 5.41 Å². The standard InChI is InChI=1S/C16H22ClNO/c17-12-7-5-11(6-8-12)16(9-2-10-16)15(19)13-3-1-4-14(13)18/h5-8,13-15,19H,1-4,9-10,18H2/t13-,14-,15?/m0/s1. The maximum absolute atomic E-state index is 10.9. The molecule has 0 aliphatic heterocycles. The molecule has 19 heavy (non-hydrogen) atoms. The number of halogens is 1. The molecule has 3 N–H and O–H groups in total. The van der Waals surface area contributed by atoms with E-state index in [1.54, 1.807) is 0 Å². The molecule has 3 rings (SSSR count). The molecule has 2 fully saturated rings. The Morgan fingerprint density at radius 1 is 1.16 bits per heavy atom. The summed E-state index contributed by atoms with van der Waals surface area (Å²) < 4.78 is 0. The minimum Gasteiger partial charge on any atom is -0.392 e. The summed E-state index contributed by atoms with van der Waals surface area (Å²) in [5, 5.41) is 11.7. The monoisotopic (exact) mass is 279 g/mol. The van der Waals surface area contributed by atoms with E-state index < -0.39 is 0 Å². The first-order valence-electron chi connectivity index (χ1n) is 7.33. The van der Waals surface area contributed by atoms with Crippen LogP contribution in [0, 0.1) is 5.92 Å². The van der Waals surface area contributed by atoms with E-state index in [1.807, 2.05) is 12.1 Å². The van der Waals surface area contributed by atoms with Crippen molar-refractivity contribution < 1.29 is 5.11 Å². The number of rotatable bonds is 3. The molecule has 3 heteroatoms. The molecule has 0 heterocycles. The van der Waals surface area contributed by atoms with Crippen molar-refractivity contribution >= 4 is 11.6 Å². The van der Waals surface area contributed by atoms with E-state index in [2.05, 4.69) is 12.1 Å². The molecule has 1 aromatic carbocycles. The fourth-order valence-corrected chi connectivity index (χ4v) is 4.04. The Morgan fingerprint density at radius 3 is 2.32 bits per heavy atom. The first-order valence-corrected chi connectivity index (χ1v) is 7.71. The minimum absolute atomic E-state index is 0.0722. The maximum Gasteiger partial charge on any atom is 0.0679 e. The minimum atomic E-state index is -0.306. The zero-order valence-electron chi connectivity index (χ0n) is 11.2. The van der Waals surface area contributed by atoms with Gasteiger partial charge in [-0.25, -0.2) is 0 Å². The van der Waals surface area contributed by atoms with Gasteiger partial charge in [0.15, 0.2) is 0 Å². The second-order valence-electron chi connectivity index (χ2n) is 6.22. The molecule has 2 saturated carbocycles. The van der Waals surface area contributed by atoms with Crippen LogP contribution in [0.5, 0.6) is 0 Å². The van der Waals surface area contributed by atoms with Crippen molar-refractivity contribution in [1.29, 1.82) is 0 Å². The van der Waals surface area contributed by atoms with Gasteiger partial charge in [-0.3, -0.25) is 0 Å². The topological polar surface area (TPSA) is 46.2 Å². The predicted molar refractivity (Wildman–Crippen MR) is 78.3 cm³/mol. The van der Waals surface area contributed by atoms with Crippen LogP contribution in [0.1, 0.15) is 44.1 Å². The third-order valence-corrected chi connectivity index (χ3v) is 5.51. The van der Waals surface area contributed by atoms with Gasteiger partial charge >= 0.3 is 0 Å². The molecule has 0 saturated heterocycles. The Labute approximate surface area is 120 Å². The normalized spacial score (nSPS) is 30.9. The van der Waals surface area contributed by atoms with E-state index >= 15 is 0 Å². The van der Waals surface area contributed by atoms with Crippen LogP contribution in [0.4, 0.5) is 0 Å². The average Bonchev–Trinajstić information content (AvgIpc) is 2.76. The molecule has 0 bridgehead atoms. The van der Waals surface area contributed by atoms with Crippen LogP contribution >= 0.6 is 11.6 Å². The van der Waals surface area contributed by atoms with Gasteiger partial charge in [-0.05, 0) is 43.4 Å². The molecular formula is C16H22ClNO. The highest BCUT2D eigenvalue weighted by Gasteiger charge is 2.49. The van der Waals surface area contributed by atoms with Gasteiger partial charge in [-0.1, -0.05) is 36.6 Å². The third kappa shape index (κ3) is 2.20. The molecule has 0 radical (unpaired) electrons. The van der Waals surface area contributed by atoms with Crippen molar-refractivity contribution in [3.63, 3.8) is 0 Å². The van der Waals surface area contributed by atoms with E-state index in [1.165, 1.54) is 12.0 Å². The van der Waals surface area contributed by atoms with Crippen LogP contribution in [0.2, 0.25) is 5.02 Å². The maximum atomic E-state index is 10.9. The summed E-state index contributed by atoms with van der Waals surface area (Å²) in [4.78, 5) is 0. The highest BCUT2D eigenvalue weighted by atomic mass is 35.5. The summed E-state index contributed by atoms with van der Waals surface area (Å²) in [6, 6.07) is 8.17. The summed E-state index contributed by atoms with van der Waals surface area (Å²) in [5.41, 5.74) is 7.34. The van der Waals surface area contributed by atoms with Gasteiger partial charge in [0, 0.05) is 22.4 Å². The van der Waals surface area contributed by atoms with Gasteiger partial charge in [0.1, 0.15) is 0 Å². The molecule has 2 nitrogen and oxygen atoms in total. The fraction of sp³-hybridized carbons (Fsp3) is 0.625. The molecule has 1 aromatic rings. The van der Waals surface area contributed by atoms with Crippen molar-refractivity contribution in [2.24, 2.45) is 11.7 Å². The highest BCUT2D eigenvalue weighted by molar-refractivity contribution is 6.30. The van der Waals surface area contributed by atoms with Crippen LogP contribution in [0.3, 0.4) is 0 Å². The predicted octanol–water partition coefficient (Wildman–Crippen LogP) is 3.25. The quantitative estimate of drug-likeness (QED) is 0.892. The van der Waals surface area contributed by atoms with Gasteiger partial charge in [-0.2, -0.15) is 0 Å². The van der Waals surface area contributed by atoms with Crippen LogP contribution in [0.15, 0.2) is 24.3 Å². The lowest BCUT2D eigenvalue weighted by atomic mass is 9.58. The molecule has 104 valence electrons. The van der Waals surface area contributed by atoms with Crippen LogP contribution in [0.25, 0.3) is 0 Å². The van der Waals surface area contributed by atoms with Gasteiger partial charge in [0.25, 0.3) is 0 Å². The van der Waals surface area contributed by atoms with Gasteiger partial charge in [0.2, 0.25) is 0 Å². The summed E-state index contributed by atoms with van der Waals surface area (Å²) in [7, 11) is 0. The first kappa shape index (κ1) is 13.4. The van der Waals surface area contributed by atoms with E-state index in [0.29, 0.717) is 0 Å². The molecule has 3 atom stereocenters. The number of hydrogen-bond acceptors (Lipinski definition) is 2. The van der Waals surface area contributed by atoms with Gasteiger partial charge in [0.05, 0.1) is 6.10 Å². The van der Waals surface area contributed by atoms with E-state index in [-0.39, 0.29) is 23.5 Å². The number of aliphatic hydroxyl groups is 1. The van der Waals surface area contributed by atoms with Gasteiger partial charge < -0.3 is 10.8 Å². The van der Waals surface area contributed by atoms with E-state index in [4.69, 9.17) is 17.3 Å². The van der Waals surface area contributed by atoms with Crippen LogP contribution in [-0.4, -0.2) is 17.3 Å². The molecule has 0 spiro atoms. The lowest BCUT2D eigenvalue weighted by Crippen LogP contribution is -2.51. The number of hydrogen-bond donors (Lipinski definition) is 2. The largest absolute Gasteiger partial charge is 0.392 e. The summed E-state index contributed by atoms with van der Waals surface area (Å²) in [5.74, 6) is 0.260. The molecule has 1 unspecified atom stereocenters. The summed E-state index contributed by atoms with van der Waals surface area (Å²) >= 11 is 5.97. The molecule has 0 aromatic heterocycles. The Hall–Kier alpha value is -0.570. The van der Waals surface area contributed by atoms with Crippen molar-refractivity contribution in [3.05, 3.63) is 34.9 Å². The Kier molecular flexibility index (Phi) is 3.59. The summed E-state index contributed by atoms with van der Waals surface area (Å²) in [6.07, 6.45) is 6.30. The zero-order chi connectivity index (χ0) is 13.5. The third-order valence-electron chi connectivity index (χ3n) is 5.26. The molecule has 0 amide bonds. The molecule has 2 aliphatic carbocycles. The lowest BCUT2D eigenvalue weighted by Gasteiger charge is -2.49. The lowest BCUT2D eigenvalue weighted by molar-refractivity contribution is -0.0166. The Balaban J connectivity index is 1.88. The fourth-order valence-electron chi connectivity index (χ4n) is 3.91. The zero-order valence-corrected chi connectivity index (χ0v) is 11.9. The van der Waals surface area contributed by atoms with Crippen molar-refractivity contribution in [1.82, 2.24) is 0 Å². The van der Waals surface area contributed by atoms with Crippen molar-refractivity contribution in [3.8, 4) is 0 Å². The van der Waals surface area contributed by atoms with Crippen molar-refractivity contribution in [2.75, 3.05) is 0 Å². The number of nitrogens with two attached hydrogens (primary N) is 1. The highest BCUT2D eigenvalue weighted by Crippen LogP contribution is 2.50. The second-order valence-corrected chi connectivity index (χ2v) is 6.66. The number of benzene rings is 1.